The summed E-state index contributed by atoms with van der Waals surface area (Å²) in [5, 5.41) is 21.1. The molecule has 2 aliphatic rings. The quantitative estimate of drug-likeness (QED) is 0.283. The van der Waals surface area contributed by atoms with Crippen LogP contribution in [-0.4, -0.2) is 52.2 Å². The lowest BCUT2D eigenvalue weighted by atomic mass is 9.99. The number of nitrogens with one attached hydrogen (secondary N) is 1. The smallest absolute Gasteiger partial charge is 0.303 e. The van der Waals surface area contributed by atoms with Crippen molar-refractivity contribution >= 4 is 11.9 Å². The summed E-state index contributed by atoms with van der Waals surface area (Å²) in [5.74, 6) is -1.05. The second kappa shape index (κ2) is 15.1. The standard InChI is InChI=1S/C32H42N2O6/c1-2-18-34(27-6-3-4-7-27)21-28-19-29(25-14-12-24(22-35)13-15-25)40-32(39-28)26-16-10-23(11-17-26)20-33-30(36)8-5-9-31(37)38/h2,10-17,27-29,32,35H,1,3-9,18-22H2,(H,33,36)(H,37,38)/t28-,29+,32+/m0/s1. The van der Waals surface area contributed by atoms with Crippen molar-refractivity contribution < 1.29 is 29.3 Å². The highest BCUT2D eigenvalue weighted by Gasteiger charge is 2.34. The molecule has 40 heavy (non-hydrogen) atoms. The molecule has 3 N–H and O–H groups in total. The molecule has 0 bridgehead atoms. The number of aliphatic hydroxyl groups is 1. The van der Waals surface area contributed by atoms with Crippen LogP contribution < -0.4 is 5.32 Å². The van der Waals surface area contributed by atoms with Crippen LogP contribution in [0.3, 0.4) is 0 Å². The first-order chi connectivity index (χ1) is 19.4. The maximum absolute atomic E-state index is 12.0. The number of benzene rings is 2. The monoisotopic (exact) mass is 550 g/mol. The molecule has 2 fully saturated rings. The lowest BCUT2D eigenvalue weighted by Gasteiger charge is -2.39. The maximum Gasteiger partial charge on any atom is 0.303 e. The normalized spacial score (nSPS) is 21.4. The molecule has 8 nitrogen and oxygen atoms in total. The van der Waals surface area contributed by atoms with E-state index in [1.165, 1.54) is 25.7 Å². The Labute approximate surface area is 237 Å². The van der Waals surface area contributed by atoms with Gasteiger partial charge in [-0.1, -0.05) is 67.4 Å². The number of carboxylic acid groups (broad SMARTS) is 1. The fourth-order valence-corrected chi connectivity index (χ4v) is 5.58. The van der Waals surface area contributed by atoms with Gasteiger partial charge in [-0.25, -0.2) is 0 Å². The van der Waals surface area contributed by atoms with Gasteiger partial charge < -0.3 is 25.0 Å². The number of hydrogen-bond acceptors (Lipinski definition) is 6. The van der Waals surface area contributed by atoms with E-state index in [2.05, 4.69) is 16.8 Å². The minimum atomic E-state index is -0.894. The number of carbonyl (C=O) groups excluding carboxylic acids is 1. The third-order valence-electron chi connectivity index (χ3n) is 7.79. The number of nitrogens with zero attached hydrogens (tertiary/aromatic N) is 1. The van der Waals surface area contributed by atoms with Crippen molar-refractivity contribution in [3.05, 3.63) is 83.4 Å². The molecule has 8 heteroatoms. The molecule has 3 atom stereocenters. The first kappa shape index (κ1) is 29.9. The van der Waals surface area contributed by atoms with Gasteiger partial charge in [0, 0.05) is 50.5 Å². The first-order valence-corrected chi connectivity index (χ1v) is 14.4. The van der Waals surface area contributed by atoms with Gasteiger partial charge in [-0.05, 0) is 36.0 Å². The molecule has 2 aromatic carbocycles. The zero-order chi connectivity index (χ0) is 28.3. The summed E-state index contributed by atoms with van der Waals surface area (Å²) < 4.78 is 13.0. The number of ether oxygens (including phenoxy) is 2. The third-order valence-corrected chi connectivity index (χ3v) is 7.79. The Balaban J connectivity index is 1.43. The summed E-state index contributed by atoms with van der Waals surface area (Å²) in [7, 11) is 0. The van der Waals surface area contributed by atoms with Crippen molar-refractivity contribution in [1.82, 2.24) is 10.2 Å². The summed E-state index contributed by atoms with van der Waals surface area (Å²) in [6.07, 6.45) is 7.49. The molecular formula is C32H42N2O6. The van der Waals surface area contributed by atoms with Crippen LogP contribution >= 0.6 is 0 Å². The maximum atomic E-state index is 12.0. The van der Waals surface area contributed by atoms with Gasteiger partial charge in [0.2, 0.25) is 5.91 Å². The van der Waals surface area contributed by atoms with Crippen LogP contribution in [0.15, 0.2) is 61.2 Å². The fourth-order valence-electron chi connectivity index (χ4n) is 5.58. The summed E-state index contributed by atoms with van der Waals surface area (Å²) >= 11 is 0. The predicted molar refractivity (Wildman–Crippen MR) is 152 cm³/mol. The molecular weight excluding hydrogens is 508 g/mol. The highest BCUT2D eigenvalue weighted by molar-refractivity contribution is 5.76. The van der Waals surface area contributed by atoms with Gasteiger partial charge in [0.1, 0.15) is 0 Å². The van der Waals surface area contributed by atoms with Gasteiger partial charge in [-0.15, -0.1) is 6.58 Å². The Hall–Kier alpha value is -3.04. The van der Waals surface area contributed by atoms with E-state index in [4.69, 9.17) is 14.6 Å². The minimum Gasteiger partial charge on any atom is -0.481 e. The van der Waals surface area contributed by atoms with Crippen LogP contribution in [0.5, 0.6) is 0 Å². The Morgan fingerprint density at radius 3 is 2.30 bits per heavy atom. The fraction of sp³-hybridized carbons (Fsp3) is 0.500. The molecule has 1 aliphatic heterocycles. The molecule has 0 spiro atoms. The summed E-state index contributed by atoms with van der Waals surface area (Å²) in [6, 6.07) is 16.3. The number of carbonyl (C=O) groups is 2. The average Bonchev–Trinajstić information content (AvgIpc) is 3.51. The van der Waals surface area contributed by atoms with E-state index in [0.717, 1.165) is 41.8 Å². The van der Waals surface area contributed by atoms with Gasteiger partial charge in [0.25, 0.3) is 0 Å². The average molecular weight is 551 g/mol. The molecule has 0 radical (unpaired) electrons. The summed E-state index contributed by atoms with van der Waals surface area (Å²) in [4.78, 5) is 25.2. The molecule has 4 rings (SSSR count). The van der Waals surface area contributed by atoms with E-state index in [9.17, 15) is 14.7 Å². The number of aliphatic hydroxyl groups excluding tert-OH is 1. The van der Waals surface area contributed by atoms with E-state index in [1.807, 2.05) is 54.6 Å². The number of carboxylic acids is 1. The van der Waals surface area contributed by atoms with Crippen LogP contribution in [0.2, 0.25) is 0 Å². The lowest BCUT2D eigenvalue weighted by molar-refractivity contribution is -0.253. The number of rotatable bonds is 14. The molecule has 0 unspecified atom stereocenters. The van der Waals surface area contributed by atoms with E-state index < -0.39 is 12.3 Å². The minimum absolute atomic E-state index is 0.00715. The molecule has 1 aliphatic carbocycles. The van der Waals surface area contributed by atoms with Crippen LogP contribution in [0.25, 0.3) is 0 Å². The number of aliphatic carboxylic acids is 1. The van der Waals surface area contributed by atoms with Crippen molar-refractivity contribution in [2.75, 3.05) is 13.1 Å². The van der Waals surface area contributed by atoms with Crippen LogP contribution in [-0.2, 0) is 32.2 Å². The highest BCUT2D eigenvalue weighted by Crippen LogP contribution is 2.38. The van der Waals surface area contributed by atoms with Crippen LogP contribution in [0, 0.1) is 0 Å². The molecule has 2 aromatic rings. The zero-order valence-corrected chi connectivity index (χ0v) is 23.2. The SMILES string of the molecule is C=CCN(C[C@@H]1C[C@H](c2ccc(CO)cc2)O[C@H](c2ccc(CNC(=O)CCCC(=O)O)cc2)O1)C1CCCC1. The summed E-state index contributed by atoms with van der Waals surface area (Å²) in [6.45, 7) is 6.01. The molecule has 216 valence electrons. The Kier molecular flexibility index (Phi) is 11.3. The second-order valence-corrected chi connectivity index (χ2v) is 10.8. The van der Waals surface area contributed by atoms with E-state index >= 15 is 0 Å². The van der Waals surface area contributed by atoms with Gasteiger partial charge >= 0.3 is 5.97 Å². The Morgan fingerprint density at radius 1 is 0.975 bits per heavy atom. The first-order valence-electron chi connectivity index (χ1n) is 14.4. The van der Waals surface area contributed by atoms with Crippen molar-refractivity contribution in [3.63, 3.8) is 0 Å². The number of amides is 1. The molecule has 1 amide bonds. The third kappa shape index (κ3) is 8.73. The molecule has 1 saturated carbocycles. The van der Waals surface area contributed by atoms with E-state index in [1.54, 1.807) is 0 Å². The van der Waals surface area contributed by atoms with Gasteiger partial charge in [-0.2, -0.15) is 0 Å². The Morgan fingerprint density at radius 2 is 1.65 bits per heavy atom. The largest absolute Gasteiger partial charge is 0.481 e. The lowest BCUT2D eigenvalue weighted by Crippen LogP contribution is -2.43. The van der Waals surface area contributed by atoms with Crippen molar-refractivity contribution in [2.24, 2.45) is 0 Å². The highest BCUT2D eigenvalue weighted by atomic mass is 16.7. The summed E-state index contributed by atoms with van der Waals surface area (Å²) in [5.41, 5.74) is 3.78. The van der Waals surface area contributed by atoms with Gasteiger partial charge in [-0.3, -0.25) is 14.5 Å². The molecule has 1 saturated heterocycles. The molecule has 0 aromatic heterocycles. The zero-order valence-electron chi connectivity index (χ0n) is 23.2. The van der Waals surface area contributed by atoms with Crippen molar-refractivity contribution in [1.29, 1.82) is 0 Å². The topological polar surface area (TPSA) is 108 Å². The van der Waals surface area contributed by atoms with Crippen LogP contribution in [0.1, 0.15) is 86.0 Å². The Bertz CT molecular complexity index is 1100. The van der Waals surface area contributed by atoms with Gasteiger partial charge in [0.05, 0.1) is 18.8 Å². The molecule has 1 heterocycles. The van der Waals surface area contributed by atoms with Gasteiger partial charge in [0.15, 0.2) is 6.29 Å². The van der Waals surface area contributed by atoms with Crippen molar-refractivity contribution in [2.45, 2.75) is 89.1 Å². The second-order valence-electron chi connectivity index (χ2n) is 10.8. The predicted octanol–water partition coefficient (Wildman–Crippen LogP) is 5.03. The number of hydrogen-bond donors (Lipinski definition) is 3. The van der Waals surface area contributed by atoms with Crippen molar-refractivity contribution in [3.8, 4) is 0 Å². The van der Waals surface area contributed by atoms with E-state index in [-0.39, 0.29) is 37.6 Å². The van der Waals surface area contributed by atoms with Crippen LogP contribution in [0.4, 0.5) is 0 Å². The van der Waals surface area contributed by atoms with E-state index in [0.29, 0.717) is 19.0 Å².